The summed E-state index contributed by atoms with van der Waals surface area (Å²) in [5.41, 5.74) is 1.55. The molecule has 0 radical (unpaired) electrons. The van der Waals surface area contributed by atoms with Gasteiger partial charge in [-0.3, -0.25) is 14.4 Å². The Kier molecular flexibility index (Phi) is 4.66. The van der Waals surface area contributed by atoms with Crippen molar-refractivity contribution in [1.82, 2.24) is 0 Å². The third-order valence-corrected chi connectivity index (χ3v) is 6.10. The molecular formula is C24H24O5. The van der Waals surface area contributed by atoms with Gasteiger partial charge in [-0.25, -0.2) is 0 Å². The highest BCUT2D eigenvalue weighted by Gasteiger charge is 2.51. The van der Waals surface area contributed by atoms with Crippen LogP contribution in [0.2, 0.25) is 0 Å². The van der Waals surface area contributed by atoms with E-state index >= 15 is 0 Å². The Balaban J connectivity index is 1.72. The number of ketones is 3. The van der Waals surface area contributed by atoms with Crippen molar-refractivity contribution in [3.8, 4) is 5.75 Å². The second-order valence-electron chi connectivity index (χ2n) is 8.54. The molecule has 0 aliphatic heterocycles. The second kappa shape index (κ2) is 6.92. The van der Waals surface area contributed by atoms with Crippen LogP contribution in [0.15, 0.2) is 42.5 Å². The molecule has 0 aromatic heterocycles. The van der Waals surface area contributed by atoms with E-state index in [9.17, 15) is 19.5 Å². The van der Waals surface area contributed by atoms with E-state index in [1.165, 1.54) is 12.1 Å². The summed E-state index contributed by atoms with van der Waals surface area (Å²) < 4.78 is 6.34. The Morgan fingerprint density at radius 3 is 2.34 bits per heavy atom. The summed E-state index contributed by atoms with van der Waals surface area (Å²) in [6, 6.07) is 12.4. The number of rotatable bonds is 3. The van der Waals surface area contributed by atoms with E-state index in [-0.39, 0.29) is 47.1 Å². The van der Waals surface area contributed by atoms with Crippen molar-refractivity contribution >= 4 is 17.3 Å². The Hall–Kier alpha value is -2.79. The van der Waals surface area contributed by atoms with Crippen LogP contribution in [0.4, 0.5) is 0 Å². The van der Waals surface area contributed by atoms with Crippen LogP contribution in [0.1, 0.15) is 58.5 Å². The van der Waals surface area contributed by atoms with E-state index in [1.807, 2.05) is 45.0 Å². The van der Waals surface area contributed by atoms with E-state index in [1.54, 1.807) is 6.07 Å². The van der Waals surface area contributed by atoms with Gasteiger partial charge >= 0.3 is 0 Å². The lowest BCUT2D eigenvalue weighted by molar-refractivity contribution is -0.140. The van der Waals surface area contributed by atoms with Crippen molar-refractivity contribution in [2.45, 2.75) is 45.3 Å². The van der Waals surface area contributed by atoms with Crippen molar-refractivity contribution in [1.29, 1.82) is 0 Å². The lowest BCUT2D eigenvalue weighted by Gasteiger charge is -2.42. The van der Waals surface area contributed by atoms with Crippen LogP contribution in [0.5, 0.6) is 5.75 Å². The Morgan fingerprint density at radius 1 is 0.966 bits per heavy atom. The first-order chi connectivity index (χ1) is 13.7. The van der Waals surface area contributed by atoms with Crippen molar-refractivity contribution in [3.05, 3.63) is 64.7 Å². The first kappa shape index (κ1) is 19.5. The van der Waals surface area contributed by atoms with E-state index in [4.69, 9.17) is 4.74 Å². The molecule has 150 valence electrons. The molecule has 5 nitrogen and oxygen atoms in total. The van der Waals surface area contributed by atoms with Gasteiger partial charge in [-0.15, -0.1) is 0 Å². The molecule has 0 bridgehead atoms. The van der Waals surface area contributed by atoms with E-state index in [0.29, 0.717) is 0 Å². The quantitative estimate of drug-likeness (QED) is 0.854. The lowest BCUT2D eigenvalue weighted by Crippen LogP contribution is -2.50. The van der Waals surface area contributed by atoms with Crippen molar-refractivity contribution < 1.29 is 24.2 Å². The number of carbonyl (C=O) groups is 3. The monoisotopic (exact) mass is 392 g/mol. The van der Waals surface area contributed by atoms with Gasteiger partial charge in [0.2, 0.25) is 0 Å². The number of aryl methyl sites for hydroxylation is 1. The number of phenols is 1. The zero-order chi connectivity index (χ0) is 20.9. The molecule has 2 aromatic rings. The highest BCUT2D eigenvalue weighted by molar-refractivity contribution is 6.18. The predicted molar refractivity (Wildman–Crippen MR) is 107 cm³/mol. The fourth-order valence-electron chi connectivity index (χ4n) is 4.56. The Labute approximate surface area is 169 Å². The lowest BCUT2D eigenvalue weighted by atomic mass is 9.65. The van der Waals surface area contributed by atoms with Gasteiger partial charge in [-0.2, -0.15) is 0 Å². The first-order valence-electron chi connectivity index (χ1n) is 9.86. The maximum atomic E-state index is 13.3. The fourth-order valence-corrected chi connectivity index (χ4v) is 4.56. The summed E-state index contributed by atoms with van der Waals surface area (Å²) in [5.74, 6) is -2.38. The summed E-state index contributed by atoms with van der Waals surface area (Å²) in [7, 11) is 0. The molecule has 3 unspecified atom stereocenters. The average molecular weight is 392 g/mol. The number of fused-ring (bicyclic) bond motifs is 2. The third-order valence-electron chi connectivity index (χ3n) is 6.10. The normalized spacial score (nSPS) is 24.2. The van der Waals surface area contributed by atoms with Crippen LogP contribution >= 0.6 is 0 Å². The summed E-state index contributed by atoms with van der Waals surface area (Å²) in [6.45, 7) is 5.79. The van der Waals surface area contributed by atoms with Gasteiger partial charge in [0.15, 0.2) is 11.6 Å². The van der Waals surface area contributed by atoms with Crippen LogP contribution in [0.25, 0.3) is 0 Å². The molecule has 1 saturated carbocycles. The molecule has 0 saturated heterocycles. The highest BCUT2D eigenvalue weighted by Crippen LogP contribution is 2.44. The topological polar surface area (TPSA) is 80.7 Å². The number of hydrogen-bond acceptors (Lipinski definition) is 5. The summed E-state index contributed by atoms with van der Waals surface area (Å²) >= 11 is 0. The summed E-state index contributed by atoms with van der Waals surface area (Å²) in [5, 5.41) is 10.2. The summed E-state index contributed by atoms with van der Waals surface area (Å²) in [4.78, 5) is 38.8. The van der Waals surface area contributed by atoms with Crippen LogP contribution in [-0.4, -0.2) is 28.6 Å². The second-order valence-corrected chi connectivity index (χ2v) is 8.54. The molecule has 2 aliphatic carbocycles. The fraction of sp³-hybridized carbons (Fsp3) is 0.375. The molecule has 3 atom stereocenters. The Bertz CT molecular complexity index is 1000. The molecule has 0 spiro atoms. The molecule has 1 N–H and O–H groups in total. The van der Waals surface area contributed by atoms with Crippen LogP contribution < -0.4 is 0 Å². The molecule has 0 amide bonds. The maximum absolute atomic E-state index is 13.3. The number of benzene rings is 2. The number of hydrogen-bond donors (Lipinski definition) is 1. The number of Topliss-reactive ketones (excluding diaryl/α,β-unsaturated/α-hetero) is 3. The zero-order valence-electron chi connectivity index (χ0n) is 16.8. The first-order valence-corrected chi connectivity index (χ1v) is 9.86. The molecule has 29 heavy (non-hydrogen) atoms. The van der Waals surface area contributed by atoms with Gasteiger partial charge in [-0.1, -0.05) is 42.0 Å². The minimum absolute atomic E-state index is 0.0369. The van der Waals surface area contributed by atoms with Crippen LogP contribution in [-0.2, 0) is 15.1 Å². The van der Waals surface area contributed by atoms with Gasteiger partial charge in [-0.05, 0) is 32.4 Å². The van der Waals surface area contributed by atoms with Gasteiger partial charge in [0.25, 0.3) is 0 Å². The zero-order valence-corrected chi connectivity index (χ0v) is 16.8. The number of phenolic OH excluding ortho intramolecular Hbond substituents is 1. The Morgan fingerprint density at radius 2 is 1.66 bits per heavy atom. The molecule has 1 fully saturated rings. The molecule has 4 rings (SSSR count). The van der Waals surface area contributed by atoms with E-state index < -0.39 is 23.5 Å². The van der Waals surface area contributed by atoms with Gasteiger partial charge in [0.05, 0.1) is 23.2 Å². The van der Waals surface area contributed by atoms with E-state index in [2.05, 4.69) is 0 Å². The molecule has 2 aromatic carbocycles. The predicted octanol–water partition coefficient (Wildman–Crippen LogP) is 4.00. The van der Waals surface area contributed by atoms with Gasteiger partial charge in [0.1, 0.15) is 11.5 Å². The van der Waals surface area contributed by atoms with Gasteiger partial charge < -0.3 is 9.84 Å². The van der Waals surface area contributed by atoms with Gasteiger partial charge in [0, 0.05) is 24.3 Å². The molecule has 0 heterocycles. The largest absolute Gasteiger partial charge is 0.507 e. The molecular weight excluding hydrogens is 368 g/mol. The smallest absolute Gasteiger partial charge is 0.173 e. The molecule has 2 aliphatic rings. The number of aromatic hydroxyl groups is 1. The maximum Gasteiger partial charge on any atom is 0.173 e. The van der Waals surface area contributed by atoms with E-state index in [0.717, 1.165) is 11.1 Å². The average Bonchev–Trinajstić information content (AvgIpc) is 2.65. The van der Waals surface area contributed by atoms with Crippen molar-refractivity contribution in [3.63, 3.8) is 0 Å². The minimum atomic E-state index is -0.772. The molecule has 5 heteroatoms. The number of carbonyl (C=O) groups excluding carboxylic acids is 3. The van der Waals surface area contributed by atoms with Crippen molar-refractivity contribution in [2.24, 2.45) is 11.8 Å². The summed E-state index contributed by atoms with van der Waals surface area (Å²) in [6.07, 6.45) is -0.602. The third kappa shape index (κ3) is 3.29. The minimum Gasteiger partial charge on any atom is -0.507 e. The van der Waals surface area contributed by atoms with Crippen LogP contribution in [0.3, 0.4) is 0 Å². The highest BCUT2D eigenvalue weighted by atomic mass is 16.5. The van der Waals surface area contributed by atoms with Crippen molar-refractivity contribution in [2.75, 3.05) is 0 Å². The number of ether oxygens (including phenoxy) is 1. The van der Waals surface area contributed by atoms with Crippen LogP contribution in [0, 0.1) is 18.8 Å². The SMILES string of the molecule is Cc1ccc(C(C)(C)OC2CC(=O)CC3C(=O)c4cccc(O)c4C(=O)C23)cc1. The standard InChI is InChI=1S/C24H24O5/c1-13-7-9-14(10-8-13)24(2,3)29-19-12-15(25)11-17-21(19)23(28)20-16(22(17)27)5-4-6-18(20)26/h4-10,17,19,21,26H,11-12H2,1-3H3.